The van der Waals surface area contributed by atoms with Crippen LogP contribution in [-0.4, -0.2) is 31.1 Å². The predicted octanol–water partition coefficient (Wildman–Crippen LogP) is 1.94. The number of carboxylic acid groups (broad SMARTS) is 1. The van der Waals surface area contributed by atoms with E-state index in [9.17, 15) is 26.4 Å². The molecule has 2 atom stereocenters. The molecule has 2 rings (SSSR count). The molecule has 1 aliphatic heterocycles. The Morgan fingerprint density at radius 2 is 2.09 bits per heavy atom. The number of hydrogen-bond donors (Lipinski definition) is 1. The number of ether oxygens (including phenoxy) is 1. The Bertz CT molecular complexity index is 697. The molecule has 0 fully saturated rings. The molecule has 0 aliphatic carbocycles. The van der Waals surface area contributed by atoms with E-state index in [0.717, 1.165) is 12.1 Å². The van der Waals surface area contributed by atoms with E-state index in [4.69, 9.17) is 9.84 Å². The normalized spacial score (nSPS) is 19.2. The fourth-order valence-corrected chi connectivity index (χ4v) is 2.37. The highest BCUT2D eigenvalue weighted by atomic mass is 32.2. The van der Waals surface area contributed by atoms with Crippen molar-refractivity contribution < 1.29 is 40.4 Å². The number of carbonyl (C=O) groups is 1. The monoisotopic (exact) mass is 340 g/mol. The van der Waals surface area contributed by atoms with Gasteiger partial charge in [-0.1, -0.05) is 0 Å². The first-order valence-corrected chi connectivity index (χ1v) is 7.45. The summed E-state index contributed by atoms with van der Waals surface area (Å²) in [7, 11) is -5.75. The van der Waals surface area contributed by atoms with Gasteiger partial charge in [-0.15, -0.1) is 0 Å². The van der Waals surface area contributed by atoms with Crippen LogP contribution < -0.4 is 8.92 Å². The van der Waals surface area contributed by atoms with Gasteiger partial charge in [0.25, 0.3) is 0 Å². The number of carboxylic acids is 1. The maximum atomic E-state index is 12.2. The predicted molar refractivity (Wildman–Crippen MR) is 67.0 cm³/mol. The largest absolute Gasteiger partial charge is 0.534 e. The van der Waals surface area contributed by atoms with E-state index in [1.165, 1.54) is 13.0 Å². The number of hydrogen-bond acceptors (Lipinski definition) is 5. The molecule has 0 saturated carbocycles. The average molecular weight is 340 g/mol. The highest BCUT2D eigenvalue weighted by Crippen LogP contribution is 2.36. The Hall–Kier alpha value is -1.97. The van der Waals surface area contributed by atoms with E-state index < -0.39 is 39.4 Å². The van der Waals surface area contributed by atoms with Gasteiger partial charge in [0.1, 0.15) is 17.6 Å². The van der Waals surface area contributed by atoms with E-state index in [0.29, 0.717) is 5.56 Å². The molecule has 2 unspecified atom stereocenters. The summed E-state index contributed by atoms with van der Waals surface area (Å²) in [4.78, 5) is 10.9. The van der Waals surface area contributed by atoms with Crippen LogP contribution in [0.4, 0.5) is 13.2 Å². The number of rotatable bonds is 4. The summed E-state index contributed by atoms with van der Waals surface area (Å²) in [5.74, 6) is -2.12. The van der Waals surface area contributed by atoms with Crippen molar-refractivity contribution in [3.63, 3.8) is 0 Å². The molecule has 10 heteroatoms. The van der Waals surface area contributed by atoms with E-state index in [-0.39, 0.29) is 12.2 Å². The van der Waals surface area contributed by atoms with Crippen LogP contribution in [0.5, 0.6) is 11.5 Å². The van der Waals surface area contributed by atoms with Crippen molar-refractivity contribution in [1.29, 1.82) is 0 Å². The molecule has 0 saturated heterocycles. The van der Waals surface area contributed by atoms with Crippen molar-refractivity contribution in [3.05, 3.63) is 23.8 Å². The molecule has 1 N–H and O–H groups in total. The molecule has 0 spiro atoms. The standard InChI is InChI=1S/C12H11F3O6S/c1-6(11(16)17)10-5-7-4-8(2-3-9(7)20-10)21-22(18,19)12(13,14)15/h2-4,6,10H,5H2,1H3,(H,16,17). The third-order valence-corrected chi connectivity index (χ3v) is 4.15. The van der Waals surface area contributed by atoms with E-state index in [1.807, 2.05) is 0 Å². The first kappa shape index (κ1) is 16.4. The summed E-state index contributed by atoms with van der Waals surface area (Å²) < 4.78 is 68.0. The molecule has 1 aliphatic rings. The summed E-state index contributed by atoms with van der Waals surface area (Å²) in [6.45, 7) is 1.43. The minimum Gasteiger partial charge on any atom is -0.489 e. The van der Waals surface area contributed by atoms with Crippen molar-refractivity contribution >= 4 is 16.1 Å². The number of alkyl halides is 3. The lowest BCUT2D eigenvalue weighted by Gasteiger charge is -2.14. The summed E-state index contributed by atoms with van der Waals surface area (Å²) in [6, 6.07) is 3.34. The van der Waals surface area contributed by atoms with Gasteiger partial charge < -0.3 is 14.0 Å². The molecule has 0 aromatic heterocycles. The van der Waals surface area contributed by atoms with Crippen molar-refractivity contribution in [1.82, 2.24) is 0 Å². The highest BCUT2D eigenvalue weighted by Gasteiger charge is 2.48. The lowest BCUT2D eigenvalue weighted by Crippen LogP contribution is -2.29. The van der Waals surface area contributed by atoms with Gasteiger partial charge in [0, 0.05) is 12.0 Å². The molecule has 1 aromatic rings. The van der Waals surface area contributed by atoms with Crippen LogP contribution in [0.2, 0.25) is 0 Å². The zero-order valence-electron chi connectivity index (χ0n) is 11.1. The van der Waals surface area contributed by atoms with Crippen molar-refractivity contribution in [2.24, 2.45) is 5.92 Å². The second-order valence-electron chi connectivity index (χ2n) is 4.74. The molecule has 1 aromatic carbocycles. The Balaban J connectivity index is 2.19. The van der Waals surface area contributed by atoms with Crippen LogP contribution in [0.15, 0.2) is 18.2 Å². The summed E-state index contributed by atoms with van der Waals surface area (Å²) >= 11 is 0. The third-order valence-electron chi connectivity index (χ3n) is 3.17. The SMILES string of the molecule is CC(C(=O)O)C1Cc2cc(OS(=O)(=O)C(F)(F)F)ccc2O1. The minimum atomic E-state index is -5.75. The van der Waals surface area contributed by atoms with Gasteiger partial charge in [-0.2, -0.15) is 21.6 Å². The van der Waals surface area contributed by atoms with Gasteiger partial charge in [-0.05, 0) is 25.1 Å². The molecule has 1 heterocycles. The maximum Gasteiger partial charge on any atom is 0.534 e. The second kappa shape index (κ2) is 5.34. The molecule has 0 bridgehead atoms. The fourth-order valence-electron chi connectivity index (χ4n) is 1.92. The molecule has 6 nitrogen and oxygen atoms in total. The van der Waals surface area contributed by atoms with Gasteiger partial charge >= 0.3 is 21.6 Å². The summed E-state index contributed by atoms with van der Waals surface area (Å²) in [5.41, 5.74) is -5.14. The number of halogens is 3. The van der Waals surface area contributed by atoms with Crippen LogP contribution in [0.1, 0.15) is 12.5 Å². The first-order valence-electron chi connectivity index (χ1n) is 6.04. The number of benzene rings is 1. The molecule has 122 valence electrons. The number of fused-ring (bicyclic) bond motifs is 1. The van der Waals surface area contributed by atoms with Gasteiger partial charge in [0.2, 0.25) is 0 Å². The van der Waals surface area contributed by atoms with Gasteiger partial charge in [0.15, 0.2) is 0 Å². The Labute approximate surface area is 123 Å². The Kier molecular flexibility index (Phi) is 3.98. The fraction of sp³-hybridized carbons (Fsp3) is 0.417. The van der Waals surface area contributed by atoms with Gasteiger partial charge in [-0.3, -0.25) is 4.79 Å². The zero-order chi connectivity index (χ0) is 16.7. The van der Waals surface area contributed by atoms with Crippen LogP contribution in [0.3, 0.4) is 0 Å². The molecule has 0 amide bonds. The van der Waals surface area contributed by atoms with Crippen LogP contribution in [0, 0.1) is 5.92 Å². The highest BCUT2D eigenvalue weighted by molar-refractivity contribution is 7.88. The van der Waals surface area contributed by atoms with Crippen molar-refractivity contribution in [3.8, 4) is 11.5 Å². The maximum absolute atomic E-state index is 12.2. The zero-order valence-corrected chi connectivity index (χ0v) is 11.9. The van der Waals surface area contributed by atoms with Crippen LogP contribution in [-0.2, 0) is 21.3 Å². The average Bonchev–Trinajstić information content (AvgIpc) is 2.78. The molecular weight excluding hydrogens is 329 g/mol. The minimum absolute atomic E-state index is 0.131. The molecule has 0 radical (unpaired) electrons. The van der Waals surface area contributed by atoms with E-state index in [2.05, 4.69) is 4.18 Å². The van der Waals surface area contributed by atoms with Gasteiger partial charge in [0.05, 0.1) is 5.92 Å². The smallest absolute Gasteiger partial charge is 0.489 e. The van der Waals surface area contributed by atoms with Crippen molar-refractivity contribution in [2.75, 3.05) is 0 Å². The summed E-state index contributed by atoms with van der Waals surface area (Å²) in [6.07, 6.45) is -0.548. The quantitative estimate of drug-likeness (QED) is 0.665. The lowest BCUT2D eigenvalue weighted by molar-refractivity contribution is -0.143. The lowest BCUT2D eigenvalue weighted by atomic mass is 10.00. The number of aliphatic carboxylic acids is 1. The third kappa shape index (κ3) is 3.11. The van der Waals surface area contributed by atoms with Crippen LogP contribution in [0.25, 0.3) is 0 Å². The van der Waals surface area contributed by atoms with Crippen LogP contribution >= 0.6 is 0 Å². The van der Waals surface area contributed by atoms with E-state index >= 15 is 0 Å². The molecule has 22 heavy (non-hydrogen) atoms. The first-order chi connectivity index (χ1) is 10.0. The topological polar surface area (TPSA) is 89.9 Å². The van der Waals surface area contributed by atoms with E-state index in [1.54, 1.807) is 0 Å². The Morgan fingerprint density at radius 3 is 2.64 bits per heavy atom. The van der Waals surface area contributed by atoms with Crippen molar-refractivity contribution in [2.45, 2.75) is 25.0 Å². The second-order valence-corrected chi connectivity index (χ2v) is 6.28. The summed E-state index contributed by atoms with van der Waals surface area (Å²) in [5, 5.41) is 8.91. The molecular formula is C12H11F3O6S. The van der Waals surface area contributed by atoms with Gasteiger partial charge in [-0.25, -0.2) is 0 Å². The Morgan fingerprint density at radius 1 is 1.45 bits per heavy atom.